The van der Waals surface area contributed by atoms with E-state index in [4.69, 9.17) is 18.9 Å². The third-order valence-electron chi connectivity index (χ3n) is 9.55. The van der Waals surface area contributed by atoms with Crippen LogP contribution < -0.4 is 0 Å². The molecule has 0 amide bonds. The summed E-state index contributed by atoms with van der Waals surface area (Å²) in [6.45, 7) is 8.96. The molecule has 3 fully saturated rings. The second-order valence-electron chi connectivity index (χ2n) is 12.2. The van der Waals surface area contributed by atoms with Crippen LogP contribution in [-0.2, 0) is 28.5 Å². The largest absolute Gasteiger partial charge is 0.458 e. The average molecular weight is 563 g/mol. The first-order valence-corrected chi connectivity index (χ1v) is 14.1. The maximum absolute atomic E-state index is 13.5. The molecule has 1 saturated heterocycles. The van der Waals surface area contributed by atoms with E-state index in [1.54, 1.807) is 36.4 Å². The summed E-state index contributed by atoms with van der Waals surface area (Å²) in [6, 6.07) is 17.9. The zero-order valence-corrected chi connectivity index (χ0v) is 24.1. The first kappa shape index (κ1) is 29.0. The van der Waals surface area contributed by atoms with Gasteiger partial charge in [0, 0.05) is 18.9 Å². The molecule has 218 valence electrons. The molecule has 1 N–H and O–H groups in total. The lowest BCUT2D eigenvalue weighted by molar-refractivity contribution is -0.304. The molecule has 5 rings (SSSR count). The number of carbonyl (C=O) groups is 3. The van der Waals surface area contributed by atoms with Gasteiger partial charge in [0.15, 0.2) is 12.2 Å². The molecule has 1 spiro atoms. The number of aliphatic hydroxyl groups excluding tert-OH is 1. The van der Waals surface area contributed by atoms with Gasteiger partial charge in [-0.05, 0) is 63.3 Å². The topological polar surface area (TPSA) is 108 Å². The highest BCUT2D eigenvalue weighted by Crippen LogP contribution is 2.67. The third-order valence-corrected chi connectivity index (χ3v) is 9.55. The molecule has 8 heteroatoms. The van der Waals surface area contributed by atoms with Crippen molar-refractivity contribution in [1.82, 2.24) is 0 Å². The van der Waals surface area contributed by atoms with Gasteiger partial charge in [0.25, 0.3) is 0 Å². The van der Waals surface area contributed by atoms with Crippen molar-refractivity contribution in [3.63, 3.8) is 0 Å². The number of hydrogen-bond acceptors (Lipinski definition) is 8. The minimum Gasteiger partial charge on any atom is -0.458 e. The predicted molar refractivity (Wildman–Crippen MR) is 150 cm³/mol. The van der Waals surface area contributed by atoms with Crippen LogP contribution in [0.2, 0.25) is 0 Å². The Kier molecular flexibility index (Phi) is 7.59. The summed E-state index contributed by atoms with van der Waals surface area (Å²) in [4.78, 5) is 39.0. The Morgan fingerprint density at radius 2 is 1.59 bits per heavy atom. The molecule has 2 aromatic rings. The number of esters is 3. The molecule has 1 aliphatic heterocycles. The third kappa shape index (κ3) is 4.97. The second-order valence-corrected chi connectivity index (χ2v) is 12.2. The van der Waals surface area contributed by atoms with Crippen molar-refractivity contribution >= 4 is 24.0 Å². The predicted octanol–water partition coefficient (Wildman–Crippen LogP) is 4.74. The van der Waals surface area contributed by atoms with Crippen molar-refractivity contribution in [3.05, 3.63) is 77.9 Å². The van der Waals surface area contributed by atoms with E-state index >= 15 is 0 Å². The van der Waals surface area contributed by atoms with Crippen molar-refractivity contribution in [1.29, 1.82) is 0 Å². The molecule has 0 unspecified atom stereocenters. The molecule has 41 heavy (non-hydrogen) atoms. The Bertz CT molecular complexity index is 1320. The normalized spacial score (nSPS) is 35.4. The lowest BCUT2D eigenvalue weighted by Gasteiger charge is -2.62. The minimum absolute atomic E-state index is 0.0110. The van der Waals surface area contributed by atoms with Gasteiger partial charge in [-0.15, -0.1) is 0 Å². The highest BCUT2D eigenvalue weighted by atomic mass is 16.6. The van der Waals surface area contributed by atoms with E-state index in [-0.39, 0.29) is 5.92 Å². The van der Waals surface area contributed by atoms with Crippen LogP contribution in [0.25, 0.3) is 6.08 Å². The minimum atomic E-state index is -1.20. The Morgan fingerprint density at radius 3 is 2.22 bits per heavy atom. The van der Waals surface area contributed by atoms with Crippen LogP contribution in [-0.4, -0.2) is 58.6 Å². The quantitative estimate of drug-likeness (QED) is 0.306. The van der Waals surface area contributed by atoms with Gasteiger partial charge in [-0.1, -0.05) is 55.5 Å². The molecular formula is C33H38O8. The van der Waals surface area contributed by atoms with Crippen LogP contribution in [0.5, 0.6) is 0 Å². The number of ether oxygens (including phenoxy) is 4. The number of aliphatic hydroxyl groups is 1. The Labute approximate surface area is 240 Å². The van der Waals surface area contributed by atoms with Crippen LogP contribution in [0, 0.1) is 17.3 Å². The van der Waals surface area contributed by atoms with E-state index < -0.39 is 64.9 Å². The van der Waals surface area contributed by atoms with E-state index in [2.05, 4.69) is 0 Å². The molecule has 8 atom stereocenters. The zero-order valence-electron chi connectivity index (χ0n) is 24.1. The Hall–Kier alpha value is -3.49. The number of benzene rings is 2. The molecule has 3 aliphatic rings. The zero-order chi connectivity index (χ0) is 29.6. The van der Waals surface area contributed by atoms with Crippen LogP contribution >= 0.6 is 0 Å². The van der Waals surface area contributed by atoms with Crippen molar-refractivity contribution in [2.45, 2.75) is 83.1 Å². The maximum Gasteiger partial charge on any atom is 0.338 e. The van der Waals surface area contributed by atoms with Gasteiger partial charge in [-0.3, -0.25) is 4.79 Å². The number of fused-ring (bicyclic) bond motifs is 1. The lowest BCUT2D eigenvalue weighted by Crippen LogP contribution is -2.75. The highest BCUT2D eigenvalue weighted by molar-refractivity contribution is 5.89. The first-order chi connectivity index (χ1) is 19.4. The fraction of sp³-hybridized carbons (Fsp3) is 0.485. The second kappa shape index (κ2) is 10.7. The molecule has 2 bridgehead atoms. The first-order valence-electron chi connectivity index (χ1n) is 14.1. The van der Waals surface area contributed by atoms with Gasteiger partial charge in [-0.2, -0.15) is 0 Å². The van der Waals surface area contributed by atoms with Crippen LogP contribution in [0.1, 0.15) is 63.4 Å². The van der Waals surface area contributed by atoms with E-state index in [1.807, 2.05) is 58.0 Å². The summed E-state index contributed by atoms with van der Waals surface area (Å²) in [5, 5.41) is 11.6. The van der Waals surface area contributed by atoms with E-state index in [0.29, 0.717) is 18.4 Å². The summed E-state index contributed by atoms with van der Waals surface area (Å²) in [7, 11) is 0. The van der Waals surface area contributed by atoms with Crippen LogP contribution in [0.4, 0.5) is 0 Å². The molecule has 1 heterocycles. The van der Waals surface area contributed by atoms with Crippen molar-refractivity contribution < 1.29 is 38.4 Å². The van der Waals surface area contributed by atoms with E-state index in [1.165, 1.54) is 13.0 Å². The standard InChI is InChI=1S/C33H38O8/c1-20-27(36)28(38-21(2)34)29(40-30(37)23-14-10-7-11-15-23)32(5)25(18-24-19-33(20,32)41-31(24,3)4)39-26(35)17-16-22-12-8-6-9-13-22/h6-17,20,24-25,27-29,36H,18-19H2,1-5H3/t20-,24-,25+,27-,28-,29+,32-,33+/m1/s1. The molecule has 2 aliphatic carbocycles. The van der Waals surface area contributed by atoms with E-state index in [9.17, 15) is 19.5 Å². The van der Waals surface area contributed by atoms with Gasteiger partial charge >= 0.3 is 17.9 Å². The van der Waals surface area contributed by atoms with Gasteiger partial charge in [0.05, 0.1) is 28.3 Å². The fourth-order valence-electron chi connectivity index (χ4n) is 7.30. The summed E-state index contributed by atoms with van der Waals surface area (Å²) >= 11 is 0. The summed E-state index contributed by atoms with van der Waals surface area (Å²) in [5.41, 5.74) is -1.65. The van der Waals surface area contributed by atoms with E-state index in [0.717, 1.165) is 5.56 Å². The van der Waals surface area contributed by atoms with Crippen molar-refractivity contribution in [2.24, 2.45) is 17.3 Å². The smallest absolute Gasteiger partial charge is 0.338 e. The molecule has 0 aromatic heterocycles. The lowest BCUT2D eigenvalue weighted by atomic mass is 9.49. The van der Waals surface area contributed by atoms with Crippen molar-refractivity contribution in [2.75, 3.05) is 0 Å². The summed E-state index contributed by atoms with van der Waals surface area (Å²) < 4.78 is 24.9. The Morgan fingerprint density at radius 1 is 0.951 bits per heavy atom. The van der Waals surface area contributed by atoms with Crippen LogP contribution in [0.15, 0.2) is 66.7 Å². The number of carbonyl (C=O) groups excluding carboxylic acids is 3. The average Bonchev–Trinajstić information content (AvgIpc) is 3.19. The molecule has 0 radical (unpaired) electrons. The van der Waals surface area contributed by atoms with Crippen molar-refractivity contribution in [3.8, 4) is 0 Å². The van der Waals surface area contributed by atoms with Gasteiger partial charge in [0.1, 0.15) is 6.10 Å². The Balaban J connectivity index is 1.58. The molecule has 2 saturated carbocycles. The van der Waals surface area contributed by atoms with Gasteiger partial charge < -0.3 is 24.1 Å². The van der Waals surface area contributed by atoms with Gasteiger partial charge in [0.2, 0.25) is 0 Å². The maximum atomic E-state index is 13.5. The fourth-order valence-corrected chi connectivity index (χ4v) is 7.30. The highest BCUT2D eigenvalue weighted by Gasteiger charge is 2.77. The SMILES string of the molecule is CC(=O)O[C@@H]1[C@H](O)[C@@H](C)[C@@]23C[C@@H](C[C@H](OC(=O)C=Cc4ccccc4)[C@]2(C)[C@H]1OC(=O)c1ccccc1)C(C)(C)O3. The van der Waals surface area contributed by atoms with Gasteiger partial charge in [-0.25, -0.2) is 9.59 Å². The molecular weight excluding hydrogens is 524 g/mol. The summed E-state index contributed by atoms with van der Waals surface area (Å²) in [6.07, 6.45) is -0.254. The molecule has 8 nitrogen and oxygen atoms in total. The molecule has 2 aromatic carbocycles. The number of hydrogen-bond donors (Lipinski definition) is 1. The number of rotatable bonds is 6. The monoisotopic (exact) mass is 562 g/mol. The summed E-state index contributed by atoms with van der Waals surface area (Å²) in [5.74, 6) is -2.34. The van der Waals surface area contributed by atoms with Crippen LogP contribution in [0.3, 0.4) is 0 Å².